The van der Waals surface area contributed by atoms with E-state index in [1.165, 1.54) is 0 Å². The largest absolute Gasteiger partial charge is 0.296 e. The first-order chi connectivity index (χ1) is 25.3. The van der Waals surface area contributed by atoms with Crippen LogP contribution in [0.5, 0.6) is 0 Å². The highest BCUT2D eigenvalue weighted by Gasteiger charge is 2.21. The van der Waals surface area contributed by atoms with E-state index in [0.717, 1.165) is 16.7 Å². The van der Waals surface area contributed by atoms with Crippen molar-refractivity contribution in [3.05, 3.63) is 157 Å². The molecule has 2 heteroatoms. The fourth-order valence-electron chi connectivity index (χ4n) is 6.16. The van der Waals surface area contributed by atoms with Crippen LogP contribution in [-0.2, 0) is 6.37 Å². The summed E-state index contributed by atoms with van der Waals surface area (Å²) < 4.78 is 87.2. The molecule has 8 rings (SSSR count). The normalized spacial score (nSPS) is 15.4. The van der Waals surface area contributed by atoms with Crippen LogP contribution in [0.15, 0.2) is 152 Å². The maximum absolute atomic E-state index is 9.03. The van der Waals surface area contributed by atoms with Crippen molar-refractivity contribution in [2.75, 3.05) is 0 Å². The van der Waals surface area contributed by atoms with Gasteiger partial charge in [-0.3, -0.25) is 4.57 Å². The van der Waals surface area contributed by atoms with Crippen LogP contribution in [-0.4, -0.2) is 9.55 Å². The molecule has 0 amide bonds. The van der Waals surface area contributed by atoms with Gasteiger partial charge in [-0.1, -0.05) is 134 Å². The second-order valence-corrected chi connectivity index (χ2v) is 10.3. The quantitative estimate of drug-likeness (QED) is 0.191. The van der Waals surface area contributed by atoms with Crippen LogP contribution in [0.25, 0.3) is 71.6 Å². The van der Waals surface area contributed by atoms with E-state index in [9.17, 15) is 0 Å². The summed E-state index contributed by atoms with van der Waals surface area (Å²) in [5.74, 6) is -0.262. The van der Waals surface area contributed by atoms with E-state index < -0.39 is 31.4 Å². The molecular weight excluding hydrogens is 520 g/mol. The van der Waals surface area contributed by atoms with Crippen LogP contribution in [0.1, 0.15) is 26.4 Å². The van der Waals surface area contributed by atoms with Gasteiger partial charge in [0.2, 0.25) is 0 Å². The molecule has 1 aromatic heterocycles. The summed E-state index contributed by atoms with van der Waals surface area (Å²) in [5.41, 5.74) is 5.20. The van der Waals surface area contributed by atoms with Gasteiger partial charge in [0.15, 0.2) is 0 Å². The molecule has 0 radical (unpaired) electrons. The number of benzene rings is 7. The van der Waals surface area contributed by atoms with Gasteiger partial charge in [0.1, 0.15) is 5.82 Å². The number of hydrogen-bond acceptors (Lipinski definition) is 1. The third-order valence-electron chi connectivity index (χ3n) is 7.97. The van der Waals surface area contributed by atoms with E-state index in [0.29, 0.717) is 49.4 Å². The molecule has 2 nitrogen and oxygen atoms in total. The Hall–Kier alpha value is -5.47. The predicted octanol–water partition coefficient (Wildman–Crippen LogP) is 10.9. The number of para-hydroxylation sites is 3. The molecule has 43 heavy (non-hydrogen) atoms. The Morgan fingerprint density at radius 1 is 0.628 bits per heavy atom. The van der Waals surface area contributed by atoms with Gasteiger partial charge in [-0.15, -0.1) is 0 Å². The predicted molar refractivity (Wildman–Crippen MR) is 182 cm³/mol. The molecule has 0 fully saturated rings. The number of fused-ring (bicyclic) bond motifs is 3. The SMILES string of the molecule is [2H]c1c([2H])c([2H])c(-c2c3ccccc3c(-c3ccccc3-n3c(C([2H])([2H])C([2H])([2H])[2H])nc4ccccc43)c3ccc(-c4ccccc4)cc23)c([2H])c1[2H]. The van der Waals surface area contributed by atoms with E-state index in [2.05, 4.69) is 4.98 Å². The molecule has 0 N–H and O–H groups in total. The second kappa shape index (κ2) is 10.4. The molecule has 0 aliphatic rings. The molecule has 0 saturated carbocycles. The molecule has 204 valence electrons. The molecular formula is C41H30N2. The van der Waals surface area contributed by atoms with E-state index in [-0.39, 0.29) is 23.5 Å². The summed E-state index contributed by atoms with van der Waals surface area (Å²) in [6.07, 6.45) is -2.82. The maximum atomic E-state index is 9.03. The minimum atomic E-state index is -3.03. The Morgan fingerprint density at radius 2 is 1.33 bits per heavy atom. The van der Waals surface area contributed by atoms with Crippen LogP contribution < -0.4 is 0 Å². The fraction of sp³-hybridized carbons (Fsp3) is 0.0488. The molecule has 0 aliphatic carbocycles. The summed E-state index contributed by atoms with van der Waals surface area (Å²) in [6.45, 7) is -3.03. The Morgan fingerprint density at radius 3 is 2.16 bits per heavy atom. The van der Waals surface area contributed by atoms with Gasteiger partial charge in [0.25, 0.3) is 0 Å². The van der Waals surface area contributed by atoms with Crippen molar-refractivity contribution in [2.45, 2.75) is 13.2 Å². The van der Waals surface area contributed by atoms with Gasteiger partial charge >= 0.3 is 0 Å². The van der Waals surface area contributed by atoms with Gasteiger partial charge < -0.3 is 0 Å². The molecule has 0 saturated heterocycles. The fourth-order valence-corrected chi connectivity index (χ4v) is 6.16. The zero-order chi connectivity index (χ0) is 37.4. The number of hydrogen-bond donors (Lipinski definition) is 0. The third kappa shape index (κ3) is 4.14. The first-order valence-electron chi connectivity index (χ1n) is 19.0. The number of rotatable bonds is 5. The Kier molecular flexibility index (Phi) is 4.08. The lowest BCUT2D eigenvalue weighted by molar-refractivity contribution is 0.909. The van der Waals surface area contributed by atoms with E-state index in [4.69, 9.17) is 13.7 Å². The van der Waals surface area contributed by atoms with E-state index in [1.54, 1.807) is 34.9 Å². The molecule has 0 spiro atoms. The number of aromatic nitrogens is 2. The minimum Gasteiger partial charge on any atom is -0.296 e. The van der Waals surface area contributed by atoms with Gasteiger partial charge in [-0.25, -0.2) is 4.98 Å². The lowest BCUT2D eigenvalue weighted by Crippen LogP contribution is -2.03. The summed E-state index contributed by atoms with van der Waals surface area (Å²) in [5, 5.41) is 2.71. The summed E-state index contributed by atoms with van der Waals surface area (Å²) in [6, 6.07) is 35.6. The summed E-state index contributed by atoms with van der Waals surface area (Å²) in [4.78, 5) is 4.56. The van der Waals surface area contributed by atoms with Gasteiger partial charge in [0, 0.05) is 18.8 Å². The first-order valence-corrected chi connectivity index (χ1v) is 14.0. The molecule has 8 aromatic rings. The number of imidazole rings is 1. The average Bonchev–Trinajstić information content (AvgIpc) is 3.56. The van der Waals surface area contributed by atoms with Crippen molar-refractivity contribution in [1.82, 2.24) is 9.55 Å². The third-order valence-corrected chi connectivity index (χ3v) is 7.97. The van der Waals surface area contributed by atoms with E-state index in [1.807, 2.05) is 91.0 Å². The van der Waals surface area contributed by atoms with Crippen LogP contribution in [0.2, 0.25) is 0 Å². The standard InChI is InChI=1S/C41H30N2/c1-2-39-42-36-22-12-14-24-38(36)43(39)37-23-13-11-21-34(37)41-32-20-10-9-19-31(32)40(29-17-7-4-8-18-29)35-27-30(25-26-33(35)41)28-15-5-3-6-16-28/h3-27H,2H2,1H3/i1D3,2D2,4D,7D,8D,17D,18D. The Balaban J connectivity index is 1.55. The van der Waals surface area contributed by atoms with Crippen molar-refractivity contribution >= 4 is 32.6 Å². The van der Waals surface area contributed by atoms with Crippen LogP contribution in [0, 0.1) is 0 Å². The van der Waals surface area contributed by atoms with Crippen LogP contribution in [0.3, 0.4) is 0 Å². The van der Waals surface area contributed by atoms with Crippen LogP contribution in [0.4, 0.5) is 0 Å². The minimum absolute atomic E-state index is 0.0796. The zero-order valence-corrected chi connectivity index (χ0v) is 22.9. The molecule has 1 heterocycles. The van der Waals surface area contributed by atoms with Crippen molar-refractivity contribution in [2.24, 2.45) is 0 Å². The van der Waals surface area contributed by atoms with Crippen molar-refractivity contribution in [3.63, 3.8) is 0 Å². The topological polar surface area (TPSA) is 17.8 Å². The highest BCUT2D eigenvalue weighted by molar-refractivity contribution is 6.22. The van der Waals surface area contributed by atoms with Gasteiger partial charge in [0.05, 0.1) is 23.6 Å². The molecule has 0 bridgehead atoms. The highest BCUT2D eigenvalue weighted by atomic mass is 15.1. The van der Waals surface area contributed by atoms with Gasteiger partial charge in [-0.2, -0.15) is 0 Å². The maximum Gasteiger partial charge on any atom is 0.114 e. The zero-order valence-electron chi connectivity index (χ0n) is 32.9. The number of aryl methyl sites for hydroxylation is 1. The Bertz CT molecular complexity index is 2720. The Labute approximate surface area is 265 Å². The first kappa shape index (κ1) is 16.8. The van der Waals surface area contributed by atoms with Gasteiger partial charge in [-0.05, 0) is 73.6 Å². The molecule has 7 aromatic carbocycles. The number of nitrogens with zero attached hydrogens (tertiary/aromatic N) is 2. The lowest BCUT2D eigenvalue weighted by atomic mass is 9.84. The molecule has 0 unspecified atom stereocenters. The summed E-state index contributed by atoms with van der Waals surface area (Å²) in [7, 11) is 0. The smallest absolute Gasteiger partial charge is 0.114 e. The molecule has 0 atom stereocenters. The summed E-state index contributed by atoms with van der Waals surface area (Å²) >= 11 is 0. The monoisotopic (exact) mass is 560 g/mol. The van der Waals surface area contributed by atoms with Crippen molar-refractivity contribution in [1.29, 1.82) is 0 Å². The lowest BCUT2D eigenvalue weighted by Gasteiger charge is -2.21. The average molecular weight is 561 g/mol. The highest BCUT2D eigenvalue weighted by Crippen LogP contribution is 2.46. The van der Waals surface area contributed by atoms with Crippen LogP contribution >= 0.6 is 0 Å². The van der Waals surface area contributed by atoms with Crippen molar-refractivity contribution in [3.8, 4) is 39.1 Å². The molecule has 0 aliphatic heterocycles. The van der Waals surface area contributed by atoms with E-state index >= 15 is 0 Å². The second-order valence-electron chi connectivity index (χ2n) is 10.3. The van der Waals surface area contributed by atoms with Crippen molar-refractivity contribution < 1.29 is 13.7 Å².